The van der Waals surface area contributed by atoms with Crippen LogP contribution in [0.5, 0.6) is 11.5 Å². The Hall–Kier alpha value is -3.04. The predicted molar refractivity (Wildman–Crippen MR) is 121 cm³/mol. The fourth-order valence-corrected chi connectivity index (χ4v) is 3.51. The Bertz CT molecular complexity index is 1090. The molecule has 0 spiro atoms. The molecule has 32 heavy (non-hydrogen) atoms. The van der Waals surface area contributed by atoms with Crippen molar-refractivity contribution < 1.29 is 28.6 Å². The summed E-state index contributed by atoms with van der Waals surface area (Å²) < 4.78 is 16.7. The summed E-state index contributed by atoms with van der Waals surface area (Å²) in [5, 5.41) is 3.06. The summed E-state index contributed by atoms with van der Waals surface area (Å²) >= 11 is 9.66. The number of halogens is 2. The van der Waals surface area contributed by atoms with Crippen LogP contribution in [0.25, 0.3) is 6.08 Å². The monoisotopic (exact) mass is 522 g/mol. The zero-order chi connectivity index (χ0) is 23.3. The highest BCUT2D eigenvalue weighted by Crippen LogP contribution is 2.36. The molecule has 0 bridgehead atoms. The summed E-state index contributed by atoms with van der Waals surface area (Å²) in [5.41, 5.74) is 1.41. The molecule has 3 rings (SSSR count). The van der Waals surface area contributed by atoms with Crippen LogP contribution in [0, 0.1) is 0 Å². The standard InChI is InChI=1S/C22H20BrClN2O6/c1-3-31-18-9-14(8-17-21(28)26(22(29)25-17)11-20(27)30-2)15(23)10-19(18)32-12-13-6-4-5-7-16(13)24/h4-10H,3,11-12H2,1-2H3,(H,25,29)/b17-8+. The lowest BCUT2D eigenvalue weighted by molar-refractivity contribution is -0.143. The zero-order valence-corrected chi connectivity index (χ0v) is 19.7. The first-order valence-electron chi connectivity index (χ1n) is 9.58. The van der Waals surface area contributed by atoms with Gasteiger partial charge in [-0.3, -0.25) is 9.59 Å². The lowest BCUT2D eigenvalue weighted by Gasteiger charge is -2.15. The number of imide groups is 1. The fourth-order valence-electron chi connectivity index (χ4n) is 2.88. The van der Waals surface area contributed by atoms with Gasteiger partial charge in [0, 0.05) is 15.1 Å². The molecule has 0 atom stereocenters. The molecule has 0 saturated carbocycles. The number of urea groups is 1. The highest BCUT2D eigenvalue weighted by molar-refractivity contribution is 9.10. The van der Waals surface area contributed by atoms with E-state index in [0.717, 1.165) is 10.5 Å². The van der Waals surface area contributed by atoms with E-state index in [0.29, 0.717) is 33.2 Å². The van der Waals surface area contributed by atoms with E-state index < -0.39 is 24.5 Å². The van der Waals surface area contributed by atoms with Crippen molar-refractivity contribution in [2.75, 3.05) is 20.3 Å². The molecule has 1 saturated heterocycles. The lowest BCUT2D eigenvalue weighted by atomic mass is 10.1. The van der Waals surface area contributed by atoms with Crippen LogP contribution in [-0.2, 0) is 20.9 Å². The number of nitrogens with one attached hydrogen (secondary N) is 1. The fraction of sp³-hybridized carbons (Fsp3) is 0.227. The molecule has 1 fully saturated rings. The van der Waals surface area contributed by atoms with Gasteiger partial charge in [-0.2, -0.15) is 0 Å². The number of esters is 1. The van der Waals surface area contributed by atoms with Crippen LogP contribution in [0.2, 0.25) is 5.02 Å². The molecule has 10 heteroatoms. The van der Waals surface area contributed by atoms with E-state index in [1.165, 1.54) is 13.2 Å². The van der Waals surface area contributed by atoms with E-state index in [1.54, 1.807) is 18.2 Å². The zero-order valence-electron chi connectivity index (χ0n) is 17.3. The van der Waals surface area contributed by atoms with Gasteiger partial charge in [0.05, 0.1) is 13.7 Å². The van der Waals surface area contributed by atoms with E-state index in [1.807, 2.05) is 25.1 Å². The number of nitrogens with zero attached hydrogens (tertiary/aromatic N) is 1. The average molecular weight is 524 g/mol. The Morgan fingerprint density at radius 1 is 1.19 bits per heavy atom. The van der Waals surface area contributed by atoms with E-state index >= 15 is 0 Å². The molecule has 1 aliphatic heterocycles. The van der Waals surface area contributed by atoms with Gasteiger partial charge in [0.1, 0.15) is 18.8 Å². The molecule has 0 unspecified atom stereocenters. The molecule has 0 aliphatic carbocycles. The topological polar surface area (TPSA) is 94.2 Å². The first-order valence-corrected chi connectivity index (χ1v) is 10.7. The Kier molecular flexibility index (Phi) is 7.76. The average Bonchev–Trinajstić information content (AvgIpc) is 3.03. The van der Waals surface area contributed by atoms with Gasteiger partial charge < -0.3 is 19.5 Å². The quantitative estimate of drug-likeness (QED) is 0.317. The minimum atomic E-state index is -0.701. The number of ether oxygens (including phenoxy) is 3. The maximum atomic E-state index is 12.5. The molecule has 2 aromatic carbocycles. The molecular weight excluding hydrogens is 504 g/mol. The first kappa shape index (κ1) is 23.6. The van der Waals surface area contributed by atoms with Crippen molar-refractivity contribution in [2.24, 2.45) is 0 Å². The smallest absolute Gasteiger partial charge is 0.329 e. The minimum absolute atomic E-state index is 0.0202. The number of hydrogen-bond donors (Lipinski definition) is 1. The van der Waals surface area contributed by atoms with E-state index in [4.69, 9.17) is 21.1 Å². The van der Waals surface area contributed by atoms with E-state index in [2.05, 4.69) is 26.0 Å². The number of benzene rings is 2. The summed E-state index contributed by atoms with van der Waals surface area (Å²) in [7, 11) is 1.18. The number of methoxy groups -OCH3 is 1. The Labute approximate surface area is 198 Å². The number of carbonyl (C=O) groups excluding carboxylic acids is 3. The number of amides is 3. The van der Waals surface area contributed by atoms with Crippen molar-refractivity contribution in [3.05, 3.63) is 62.7 Å². The molecule has 0 aromatic heterocycles. The molecular formula is C22H20BrClN2O6. The largest absolute Gasteiger partial charge is 0.490 e. The molecule has 1 N–H and O–H groups in total. The van der Waals surface area contributed by atoms with Gasteiger partial charge in [-0.1, -0.05) is 45.7 Å². The Balaban J connectivity index is 1.85. The summed E-state index contributed by atoms with van der Waals surface area (Å²) in [6, 6.07) is 10.1. The van der Waals surface area contributed by atoms with Crippen molar-refractivity contribution in [3.8, 4) is 11.5 Å². The Morgan fingerprint density at radius 2 is 1.91 bits per heavy atom. The van der Waals surface area contributed by atoms with Gasteiger partial charge in [-0.25, -0.2) is 9.69 Å². The highest BCUT2D eigenvalue weighted by atomic mass is 79.9. The van der Waals surface area contributed by atoms with Gasteiger partial charge >= 0.3 is 12.0 Å². The normalized spacial score (nSPS) is 14.5. The summed E-state index contributed by atoms with van der Waals surface area (Å²) in [6.07, 6.45) is 1.49. The molecule has 3 amide bonds. The van der Waals surface area contributed by atoms with Crippen LogP contribution < -0.4 is 14.8 Å². The van der Waals surface area contributed by atoms with Crippen molar-refractivity contribution >= 4 is 51.5 Å². The second kappa shape index (κ2) is 10.5. The molecule has 0 radical (unpaired) electrons. The van der Waals surface area contributed by atoms with Crippen molar-refractivity contribution in [1.29, 1.82) is 0 Å². The summed E-state index contributed by atoms with van der Waals surface area (Å²) in [4.78, 5) is 36.8. The van der Waals surface area contributed by atoms with Crippen molar-refractivity contribution in [1.82, 2.24) is 10.2 Å². The molecule has 168 valence electrons. The van der Waals surface area contributed by atoms with Crippen LogP contribution in [-0.4, -0.2) is 43.1 Å². The number of hydrogen-bond acceptors (Lipinski definition) is 6. The molecule has 2 aromatic rings. The first-order chi connectivity index (χ1) is 15.3. The van der Waals surface area contributed by atoms with Gasteiger partial charge in [-0.15, -0.1) is 0 Å². The highest BCUT2D eigenvalue weighted by Gasteiger charge is 2.35. The van der Waals surface area contributed by atoms with Gasteiger partial charge in [0.2, 0.25) is 0 Å². The number of rotatable bonds is 8. The minimum Gasteiger partial charge on any atom is -0.490 e. The molecule has 1 heterocycles. The van der Waals surface area contributed by atoms with E-state index in [9.17, 15) is 14.4 Å². The molecule has 1 aliphatic rings. The third-order valence-corrected chi connectivity index (χ3v) is 5.54. The third-order valence-electron chi connectivity index (χ3n) is 4.48. The second-order valence-corrected chi connectivity index (χ2v) is 7.85. The summed E-state index contributed by atoms with van der Waals surface area (Å²) in [5.74, 6) is -0.397. The van der Waals surface area contributed by atoms with E-state index in [-0.39, 0.29) is 12.3 Å². The van der Waals surface area contributed by atoms with Crippen molar-refractivity contribution in [2.45, 2.75) is 13.5 Å². The maximum absolute atomic E-state index is 12.5. The van der Waals surface area contributed by atoms with Crippen LogP contribution in [0.3, 0.4) is 0 Å². The summed E-state index contributed by atoms with van der Waals surface area (Å²) in [6.45, 7) is 1.99. The second-order valence-electron chi connectivity index (χ2n) is 6.59. The third kappa shape index (κ3) is 5.41. The number of carbonyl (C=O) groups is 3. The maximum Gasteiger partial charge on any atom is 0.329 e. The van der Waals surface area contributed by atoms with Crippen LogP contribution in [0.1, 0.15) is 18.1 Å². The Morgan fingerprint density at radius 3 is 2.59 bits per heavy atom. The lowest BCUT2D eigenvalue weighted by Crippen LogP contribution is -2.36. The van der Waals surface area contributed by atoms with Gasteiger partial charge in [0.15, 0.2) is 11.5 Å². The van der Waals surface area contributed by atoms with Crippen molar-refractivity contribution in [3.63, 3.8) is 0 Å². The molecule has 8 nitrogen and oxygen atoms in total. The van der Waals surface area contributed by atoms with Gasteiger partial charge in [0.25, 0.3) is 5.91 Å². The SMILES string of the molecule is CCOc1cc(/C=C2/NC(=O)N(CC(=O)OC)C2=O)c(Br)cc1OCc1ccccc1Cl. The van der Waals surface area contributed by atoms with Gasteiger partial charge in [-0.05, 0) is 36.8 Å². The predicted octanol–water partition coefficient (Wildman–Crippen LogP) is 4.15. The van der Waals surface area contributed by atoms with Crippen LogP contribution >= 0.6 is 27.5 Å². The van der Waals surface area contributed by atoms with Crippen LogP contribution in [0.15, 0.2) is 46.6 Å². The van der Waals surface area contributed by atoms with Crippen LogP contribution in [0.4, 0.5) is 4.79 Å².